The van der Waals surface area contributed by atoms with E-state index in [0.29, 0.717) is 21.7 Å². The molecule has 2 N–H and O–H groups in total. The van der Waals surface area contributed by atoms with Gasteiger partial charge in [-0.3, -0.25) is 19.2 Å². The summed E-state index contributed by atoms with van der Waals surface area (Å²) in [5.74, 6) is -5.15. The number of amides is 1. The van der Waals surface area contributed by atoms with Crippen molar-refractivity contribution in [1.29, 1.82) is 0 Å². The van der Waals surface area contributed by atoms with Gasteiger partial charge in [0.15, 0.2) is 5.92 Å². The van der Waals surface area contributed by atoms with Crippen LogP contribution in [0.3, 0.4) is 0 Å². The maximum atomic E-state index is 12.7. The van der Waals surface area contributed by atoms with Crippen LogP contribution in [0.2, 0.25) is 5.02 Å². The summed E-state index contributed by atoms with van der Waals surface area (Å²) in [5.41, 5.74) is -0.298. The Morgan fingerprint density at radius 2 is 1.86 bits per heavy atom. The average molecular weight is 479 g/mol. The van der Waals surface area contributed by atoms with Gasteiger partial charge >= 0.3 is 5.97 Å². The molecule has 8 nitrogen and oxygen atoms in total. The summed E-state index contributed by atoms with van der Waals surface area (Å²) in [6, 6.07) is 11.0. The lowest BCUT2D eigenvalue weighted by Crippen LogP contribution is -2.37. The highest BCUT2D eigenvalue weighted by Crippen LogP contribution is 2.20. The van der Waals surface area contributed by atoms with Crippen LogP contribution in [0.4, 0.5) is 5.69 Å². The molecule has 0 bridgehead atoms. The predicted octanol–water partition coefficient (Wildman–Crippen LogP) is 2.80. The molecule has 0 aliphatic carbocycles. The second-order valence-corrected chi connectivity index (χ2v) is 7.25. The van der Waals surface area contributed by atoms with Crippen molar-refractivity contribution in [2.24, 2.45) is 0 Å². The third-order valence-electron chi connectivity index (χ3n) is 3.98. The van der Waals surface area contributed by atoms with E-state index in [-0.39, 0.29) is 0 Å². The molecule has 3 rings (SSSR count). The molecular formula is C19H13BrClN3O5. The SMILES string of the molecule is COC(=O)C(C(=O)C(=O)Nc1ccc(Br)cc1)c1nc2ccc(Cl)cc2[nH]c1=O. The van der Waals surface area contributed by atoms with E-state index in [9.17, 15) is 19.2 Å². The topological polar surface area (TPSA) is 118 Å². The van der Waals surface area contributed by atoms with E-state index in [1.807, 2.05) is 0 Å². The minimum absolute atomic E-state index is 0.291. The van der Waals surface area contributed by atoms with Crippen LogP contribution in [0.15, 0.2) is 51.7 Å². The molecule has 29 heavy (non-hydrogen) atoms. The highest BCUT2D eigenvalue weighted by atomic mass is 79.9. The largest absolute Gasteiger partial charge is 0.468 e. The number of nitrogens with zero attached hydrogens (tertiary/aromatic N) is 1. The molecule has 10 heteroatoms. The van der Waals surface area contributed by atoms with Crippen LogP contribution in [0.5, 0.6) is 0 Å². The maximum absolute atomic E-state index is 12.7. The van der Waals surface area contributed by atoms with Crippen molar-refractivity contribution in [3.63, 3.8) is 0 Å². The number of nitrogens with one attached hydrogen (secondary N) is 2. The zero-order valence-electron chi connectivity index (χ0n) is 14.9. The predicted molar refractivity (Wildman–Crippen MR) is 110 cm³/mol. The third kappa shape index (κ3) is 4.52. The Balaban J connectivity index is 1.99. The first-order valence-electron chi connectivity index (χ1n) is 8.18. The number of carbonyl (C=O) groups excluding carboxylic acids is 3. The monoisotopic (exact) mass is 477 g/mol. The van der Waals surface area contributed by atoms with E-state index < -0.39 is 34.8 Å². The molecule has 0 spiro atoms. The number of Topliss-reactive ketones (excluding diaryl/α,β-unsaturated/α-hetero) is 1. The molecule has 1 unspecified atom stereocenters. The van der Waals surface area contributed by atoms with Crippen molar-refractivity contribution in [3.8, 4) is 0 Å². The number of ether oxygens (including phenoxy) is 1. The molecule has 0 saturated heterocycles. The van der Waals surface area contributed by atoms with E-state index in [1.54, 1.807) is 24.3 Å². The maximum Gasteiger partial charge on any atom is 0.323 e. The van der Waals surface area contributed by atoms with Gasteiger partial charge in [0.25, 0.3) is 11.5 Å². The number of anilines is 1. The van der Waals surface area contributed by atoms with Gasteiger partial charge in [0, 0.05) is 15.2 Å². The minimum Gasteiger partial charge on any atom is -0.468 e. The van der Waals surface area contributed by atoms with Crippen molar-refractivity contribution in [2.45, 2.75) is 5.92 Å². The molecule has 0 saturated carbocycles. The highest BCUT2D eigenvalue weighted by molar-refractivity contribution is 9.10. The summed E-state index contributed by atoms with van der Waals surface area (Å²) in [7, 11) is 1.05. The zero-order valence-corrected chi connectivity index (χ0v) is 17.2. The standard InChI is InChI=1S/C19H13BrClN3O5/c1-29-19(28)14(16(25)18(27)22-11-5-2-9(20)3-6-11)15-17(26)24-13-8-10(21)4-7-12(13)23-15/h2-8,14H,1H3,(H,22,27)(H,24,26). The first-order chi connectivity index (χ1) is 13.8. The first-order valence-corrected chi connectivity index (χ1v) is 9.35. The summed E-state index contributed by atoms with van der Waals surface area (Å²) < 4.78 is 5.41. The number of fused-ring (bicyclic) bond motifs is 1. The number of carbonyl (C=O) groups is 3. The molecule has 1 heterocycles. The molecule has 0 aliphatic rings. The van der Waals surface area contributed by atoms with E-state index >= 15 is 0 Å². The molecule has 3 aromatic rings. The Morgan fingerprint density at radius 3 is 2.52 bits per heavy atom. The molecule has 1 aromatic heterocycles. The summed E-state index contributed by atoms with van der Waals surface area (Å²) >= 11 is 9.15. The Labute approximate surface area is 177 Å². The lowest BCUT2D eigenvalue weighted by molar-refractivity contribution is -0.148. The fourth-order valence-corrected chi connectivity index (χ4v) is 3.02. The number of hydrogen-bond acceptors (Lipinski definition) is 6. The van der Waals surface area contributed by atoms with E-state index in [0.717, 1.165) is 11.6 Å². The van der Waals surface area contributed by atoms with E-state index in [1.165, 1.54) is 18.2 Å². The quantitative estimate of drug-likeness (QED) is 0.331. The smallest absolute Gasteiger partial charge is 0.323 e. The molecular weight excluding hydrogens is 466 g/mol. The number of ketones is 1. The fourth-order valence-electron chi connectivity index (χ4n) is 2.59. The fraction of sp³-hybridized carbons (Fsp3) is 0.105. The molecule has 0 fully saturated rings. The Morgan fingerprint density at radius 1 is 1.17 bits per heavy atom. The van der Waals surface area contributed by atoms with Crippen LogP contribution in [-0.2, 0) is 19.1 Å². The number of esters is 1. The number of benzene rings is 2. The van der Waals surface area contributed by atoms with Crippen molar-refractivity contribution >= 4 is 61.9 Å². The van der Waals surface area contributed by atoms with Gasteiger partial charge in [-0.25, -0.2) is 4.98 Å². The highest BCUT2D eigenvalue weighted by Gasteiger charge is 2.37. The summed E-state index contributed by atoms with van der Waals surface area (Å²) in [4.78, 5) is 56.5. The number of H-pyrrole nitrogens is 1. The van der Waals surface area contributed by atoms with E-state index in [2.05, 4.69) is 36.0 Å². The van der Waals surface area contributed by atoms with Crippen molar-refractivity contribution in [2.75, 3.05) is 12.4 Å². The van der Waals surface area contributed by atoms with Crippen molar-refractivity contribution in [1.82, 2.24) is 9.97 Å². The van der Waals surface area contributed by atoms with E-state index in [4.69, 9.17) is 11.6 Å². The normalized spacial score (nSPS) is 11.7. The van der Waals surface area contributed by atoms with Crippen LogP contribution in [-0.4, -0.2) is 34.7 Å². The number of aromatic nitrogens is 2. The first kappa shape index (κ1) is 20.7. The third-order valence-corrected chi connectivity index (χ3v) is 4.74. The van der Waals surface area contributed by atoms with Gasteiger partial charge in [0.1, 0.15) is 5.69 Å². The average Bonchev–Trinajstić information content (AvgIpc) is 2.70. The van der Waals surface area contributed by atoms with Gasteiger partial charge in [-0.2, -0.15) is 0 Å². The summed E-state index contributed by atoms with van der Waals surface area (Å²) in [5, 5.41) is 2.76. The Bertz CT molecular complexity index is 1180. The van der Waals surface area contributed by atoms with Crippen molar-refractivity contribution < 1.29 is 19.1 Å². The lowest BCUT2D eigenvalue weighted by atomic mass is 9.99. The molecule has 148 valence electrons. The zero-order chi connectivity index (χ0) is 21.1. The number of halogens is 2. The second kappa shape index (κ2) is 8.54. The number of hydrogen-bond donors (Lipinski definition) is 2. The molecule has 0 radical (unpaired) electrons. The molecule has 0 aliphatic heterocycles. The Hall–Kier alpha value is -3.04. The van der Waals surface area contributed by atoms with Crippen molar-refractivity contribution in [3.05, 3.63) is 68.0 Å². The molecule has 2 aromatic carbocycles. The number of rotatable bonds is 5. The van der Waals surface area contributed by atoms with Crippen LogP contribution in [0.1, 0.15) is 11.6 Å². The number of methoxy groups -OCH3 is 1. The Kier molecular flexibility index (Phi) is 6.09. The summed E-state index contributed by atoms with van der Waals surface area (Å²) in [6.45, 7) is 0. The van der Waals surface area contributed by atoms with Crippen LogP contribution in [0.25, 0.3) is 11.0 Å². The van der Waals surface area contributed by atoms with Gasteiger partial charge in [0.05, 0.1) is 18.1 Å². The number of aromatic amines is 1. The minimum atomic E-state index is -1.82. The van der Waals surface area contributed by atoms with Crippen LogP contribution in [0, 0.1) is 0 Å². The van der Waals surface area contributed by atoms with Gasteiger partial charge in [0.2, 0.25) is 5.78 Å². The lowest BCUT2D eigenvalue weighted by Gasteiger charge is -2.13. The van der Waals surface area contributed by atoms with Gasteiger partial charge in [-0.1, -0.05) is 27.5 Å². The molecule has 1 amide bonds. The summed E-state index contributed by atoms with van der Waals surface area (Å²) in [6.07, 6.45) is 0. The van der Waals surface area contributed by atoms with Crippen LogP contribution < -0.4 is 10.9 Å². The second-order valence-electron chi connectivity index (χ2n) is 5.89. The van der Waals surface area contributed by atoms with Crippen LogP contribution >= 0.6 is 27.5 Å². The molecule has 1 atom stereocenters. The van der Waals surface area contributed by atoms with Gasteiger partial charge in [-0.15, -0.1) is 0 Å². The van der Waals surface area contributed by atoms with Gasteiger partial charge < -0.3 is 15.0 Å². The van der Waals surface area contributed by atoms with Gasteiger partial charge in [-0.05, 0) is 42.5 Å².